The standard InChI is InChI=1S/C25H26N2O6S/c1-34(31,32)24(26)21-15-18(16-23(28)29)7-12-22(21)33-20-10-8-19(9-11-20)25(30)27-14-13-17-5-3-2-4-6-17/h2-12,15,24H,13-14,16,26H2,1H3,(H,27,30)(H,28,29). The number of rotatable bonds is 10. The summed E-state index contributed by atoms with van der Waals surface area (Å²) < 4.78 is 29.9. The molecule has 0 fully saturated rings. The van der Waals surface area contributed by atoms with E-state index in [1.54, 1.807) is 24.3 Å². The molecule has 4 N–H and O–H groups in total. The van der Waals surface area contributed by atoms with Crippen molar-refractivity contribution in [2.24, 2.45) is 5.73 Å². The highest BCUT2D eigenvalue weighted by molar-refractivity contribution is 7.90. The molecule has 1 amide bonds. The lowest BCUT2D eigenvalue weighted by atomic mass is 10.1. The highest BCUT2D eigenvalue weighted by Gasteiger charge is 2.23. The second kappa shape index (κ2) is 11.0. The third-order valence-corrected chi connectivity index (χ3v) is 6.26. The number of nitrogens with one attached hydrogen (secondary N) is 1. The summed E-state index contributed by atoms with van der Waals surface area (Å²) in [6.45, 7) is 0.497. The Morgan fingerprint density at radius 1 is 1.00 bits per heavy atom. The van der Waals surface area contributed by atoms with Gasteiger partial charge in [-0.25, -0.2) is 8.42 Å². The minimum atomic E-state index is -3.67. The van der Waals surface area contributed by atoms with Gasteiger partial charge >= 0.3 is 5.97 Å². The number of sulfone groups is 1. The SMILES string of the molecule is CS(=O)(=O)C(N)c1cc(CC(=O)O)ccc1Oc1ccc(C(=O)NCCc2ccccc2)cc1. The Labute approximate surface area is 198 Å². The molecule has 0 aliphatic rings. The molecule has 0 aromatic heterocycles. The van der Waals surface area contributed by atoms with E-state index in [1.807, 2.05) is 30.3 Å². The first-order chi connectivity index (χ1) is 16.1. The van der Waals surface area contributed by atoms with Gasteiger partial charge in [0.1, 0.15) is 16.9 Å². The molecule has 0 bridgehead atoms. The summed E-state index contributed by atoms with van der Waals surface area (Å²) in [6, 6.07) is 20.7. The van der Waals surface area contributed by atoms with Crippen molar-refractivity contribution in [2.75, 3.05) is 12.8 Å². The van der Waals surface area contributed by atoms with Crippen molar-refractivity contribution >= 4 is 21.7 Å². The van der Waals surface area contributed by atoms with E-state index in [1.165, 1.54) is 18.2 Å². The van der Waals surface area contributed by atoms with Gasteiger partial charge in [0, 0.05) is 23.9 Å². The Bertz CT molecular complexity index is 1260. The van der Waals surface area contributed by atoms with E-state index in [0.29, 0.717) is 23.4 Å². The summed E-state index contributed by atoms with van der Waals surface area (Å²) in [5.74, 6) is -0.716. The average Bonchev–Trinajstić information content (AvgIpc) is 2.79. The van der Waals surface area contributed by atoms with Crippen molar-refractivity contribution < 1.29 is 27.9 Å². The largest absolute Gasteiger partial charge is 0.481 e. The second-order valence-electron chi connectivity index (χ2n) is 7.81. The second-order valence-corrected chi connectivity index (χ2v) is 9.98. The molecule has 3 aromatic rings. The van der Waals surface area contributed by atoms with Crippen LogP contribution < -0.4 is 15.8 Å². The molecule has 8 nitrogen and oxygen atoms in total. The average molecular weight is 483 g/mol. The smallest absolute Gasteiger partial charge is 0.307 e. The Hall–Kier alpha value is -3.69. The summed E-state index contributed by atoms with van der Waals surface area (Å²) in [6.07, 6.45) is 1.43. The van der Waals surface area contributed by atoms with Gasteiger partial charge in [0.2, 0.25) is 0 Å². The summed E-state index contributed by atoms with van der Waals surface area (Å²) in [5.41, 5.74) is 8.04. The zero-order chi connectivity index (χ0) is 24.7. The molecule has 34 heavy (non-hydrogen) atoms. The van der Waals surface area contributed by atoms with Crippen LogP contribution in [0.2, 0.25) is 0 Å². The van der Waals surface area contributed by atoms with E-state index < -0.39 is 21.2 Å². The number of ether oxygens (including phenoxy) is 1. The van der Waals surface area contributed by atoms with Gasteiger partial charge in [0.05, 0.1) is 6.42 Å². The topological polar surface area (TPSA) is 136 Å². The Kier molecular flexibility index (Phi) is 8.04. The van der Waals surface area contributed by atoms with Crippen molar-refractivity contribution in [1.29, 1.82) is 0 Å². The third-order valence-electron chi connectivity index (χ3n) is 5.08. The number of hydrogen-bond acceptors (Lipinski definition) is 6. The molecular formula is C25H26N2O6S. The Morgan fingerprint density at radius 3 is 2.29 bits per heavy atom. The molecule has 1 atom stereocenters. The highest BCUT2D eigenvalue weighted by atomic mass is 32.2. The fourth-order valence-electron chi connectivity index (χ4n) is 3.30. The molecule has 3 rings (SSSR count). The lowest BCUT2D eigenvalue weighted by molar-refractivity contribution is -0.136. The predicted molar refractivity (Wildman–Crippen MR) is 129 cm³/mol. The van der Waals surface area contributed by atoms with E-state index in [-0.39, 0.29) is 23.6 Å². The molecule has 3 aromatic carbocycles. The fourth-order valence-corrected chi connectivity index (χ4v) is 3.94. The van der Waals surface area contributed by atoms with Gasteiger partial charge < -0.3 is 20.9 Å². The quantitative estimate of drug-likeness (QED) is 0.404. The molecule has 178 valence electrons. The molecular weight excluding hydrogens is 456 g/mol. The first kappa shape index (κ1) is 24.9. The number of amides is 1. The number of carbonyl (C=O) groups is 2. The number of carboxylic acid groups (broad SMARTS) is 1. The fraction of sp³-hybridized carbons (Fsp3) is 0.200. The van der Waals surface area contributed by atoms with Gasteiger partial charge in [-0.1, -0.05) is 36.4 Å². The third kappa shape index (κ3) is 6.90. The molecule has 0 heterocycles. The van der Waals surface area contributed by atoms with E-state index in [9.17, 15) is 18.0 Å². The minimum Gasteiger partial charge on any atom is -0.481 e. The number of benzene rings is 3. The van der Waals surface area contributed by atoms with Crippen LogP contribution in [0.5, 0.6) is 11.5 Å². The maximum Gasteiger partial charge on any atom is 0.307 e. The van der Waals surface area contributed by atoms with Gasteiger partial charge in [0.15, 0.2) is 9.84 Å². The number of hydrogen-bond donors (Lipinski definition) is 3. The van der Waals surface area contributed by atoms with Crippen LogP contribution in [0.3, 0.4) is 0 Å². The van der Waals surface area contributed by atoms with Crippen LogP contribution in [-0.4, -0.2) is 38.2 Å². The van der Waals surface area contributed by atoms with Crippen molar-refractivity contribution in [2.45, 2.75) is 18.2 Å². The summed E-state index contributed by atoms with van der Waals surface area (Å²) in [4.78, 5) is 23.4. The van der Waals surface area contributed by atoms with Gasteiger partial charge in [-0.05, 0) is 53.9 Å². The monoisotopic (exact) mass is 482 g/mol. The lowest BCUT2D eigenvalue weighted by Gasteiger charge is -2.17. The Balaban J connectivity index is 1.71. The number of carboxylic acids is 1. The van der Waals surface area contributed by atoms with Gasteiger partial charge in [-0.3, -0.25) is 9.59 Å². The maximum atomic E-state index is 12.4. The normalized spacial score (nSPS) is 12.1. The maximum absolute atomic E-state index is 12.4. The molecule has 0 spiro atoms. The van der Waals surface area contributed by atoms with Gasteiger partial charge in [-0.2, -0.15) is 0 Å². The van der Waals surface area contributed by atoms with Crippen molar-refractivity contribution in [1.82, 2.24) is 5.32 Å². The van der Waals surface area contributed by atoms with E-state index in [4.69, 9.17) is 15.6 Å². The van der Waals surface area contributed by atoms with Crippen molar-refractivity contribution in [3.05, 3.63) is 95.1 Å². The molecule has 0 aliphatic carbocycles. The minimum absolute atomic E-state index is 0.156. The van der Waals surface area contributed by atoms with Crippen LogP contribution in [0.1, 0.15) is 32.4 Å². The van der Waals surface area contributed by atoms with Crippen LogP contribution in [0, 0.1) is 0 Å². The Morgan fingerprint density at radius 2 is 1.68 bits per heavy atom. The summed E-state index contributed by atoms with van der Waals surface area (Å²) in [5, 5.41) is 10.5. The summed E-state index contributed by atoms with van der Waals surface area (Å²) in [7, 11) is -3.67. The van der Waals surface area contributed by atoms with E-state index in [2.05, 4.69) is 5.32 Å². The molecule has 0 saturated heterocycles. The van der Waals surface area contributed by atoms with Gasteiger partial charge in [-0.15, -0.1) is 0 Å². The molecule has 1 unspecified atom stereocenters. The van der Waals surface area contributed by atoms with Crippen molar-refractivity contribution in [3.63, 3.8) is 0 Å². The first-order valence-electron chi connectivity index (χ1n) is 10.5. The predicted octanol–water partition coefficient (Wildman–Crippen LogP) is 3.08. The molecule has 9 heteroatoms. The summed E-state index contributed by atoms with van der Waals surface area (Å²) >= 11 is 0. The highest BCUT2D eigenvalue weighted by Crippen LogP contribution is 2.32. The van der Waals surface area contributed by atoms with Crippen molar-refractivity contribution in [3.8, 4) is 11.5 Å². The first-order valence-corrected chi connectivity index (χ1v) is 12.5. The zero-order valence-electron chi connectivity index (χ0n) is 18.6. The zero-order valence-corrected chi connectivity index (χ0v) is 19.4. The lowest BCUT2D eigenvalue weighted by Crippen LogP contribution is -2.25. The number of aliphatic carboxylic acids is 1. The van der Waals surface area contributed by atoms with Crippen LogP contribution in [0.15, 0.2) is 72.8 Å². The van der Waals surface area contributed by atoms with Gasteiger partial charge in [0.25, 0.3) is 5.91 Å². The van der Waals surface area contributed by atoms with E-state index in [0.717, 1.165) is 18.2 Å². The van der Waals surface area contributed by atoms with Crippen LogP contribution in [0.25, 0.3) is 0 Å². The van der Waals surface area contributed by atoms with E-state index >= 15 is 0 Å². The van der Waals surface area contributed by atoms with Crippen LogP contribution in [0.4, 0.5) is 0 Å². The molecule has 0 saturated carbocycles. The molecule has 0 aliphatic heterocycles. The number of carbonyl (C=O) groups excluding carboxylic acids is 1. The van der Waals surface area contributed by atoms with Crippen LogP contribution >= 0.6 is 0 Å². The molecule has 0 radical (unpaired) electrons. The van der Waals surface area contributed by atoms with Crippen LogP contribution in [-0.2, 0) is 27.5 Å². The number of nitrogens with two attached hydrogens (primary N) is 1.